The number of hydrogen-bond acceptors (Lipinski definition) is 4. The molecule has 0 aliphatic carbocycles. The van der Waals surface area contributed by atoms with Gasteiger partial charge in [-0.25, -0.2) is 0 Å². The Bertz CT molecular complexity index is 581. The number of amides is 1. The normalized spacial score (nSPS) is 10.1. The number of nitrogens with one attached hydrogen (secondary N) is 1. The predicted molar refractivity (Wildman–Crippen MR) is 73.5 cm³/mol. The molecule has 19 heavy (non-hydrogen) atoms. The molecule has 1 aromatic carbocycles. The molecule has 1 N–H and O–H groups in total. The van der Waals surface area contributed by atoms with Crippen LogP contribution in [0.5, 0.6) is 0 Å². The van der Waals surface area contributed by atoms with Gasteiger partial charge < -0.3 is 5.32 Å². The van der Waals surface area contributed by atoms with E-state index in [4.69, 9.17) is 0 Å². The lowest BCUT2D eigenvalue weighted by atomic mass is 10.1. The summed E-state index contributed by atoms with van der Waals surface area (Å²) in [6.45, 7) is 0.460. The molecule has 0 aliphatic heterocycles. The lowest BCUT2D eigenvalue weighted by Crippen LogP contribution is -2.26. The fourth-order valence-corrected chi connectivity index (χ4v) is 2.38. The number of nitrogens with zero attached hydrogens (tertiary/aromatic N) is 1. The smallest absolute Gasteiger partial charge is 0.282 e. The Morgan fingerprint density at radius 3 is 2.79 bits per heavy atom. The van der Waals surface area contributed by atoms with Gasteiger partial charge in [0.1, 0.15) is 5.56 Å². The van der Waals surface area contributed by atoms with Gasteiger partial charge in [-0.1, -0.05) is 12.1 Å². The van der Waals surface area contributed by atoms with Crippen molar-refractivity contribution >= 4 is 22.9 Å². The van der Waals surface area contributed by atoms with Gasteiger partial charge in [0.15, 0.2) is 0 Å². The average Bonchev–Trinajstić information content (AvgIpc) is 2.91. The van der Waals surface area contributed by atoms with Crippen LogP contribution in [0, 0.1) is 10.1 Å². The molecule has 5 nitrogen and oxygen atoms in total. The maximum atomic E-state index is 11.9. The van der Waals surface area contributed by atoms with E-state index >= 15 is 0 Å². The van der Waals surface area contributed by atoms with Gasteiger partial charge in [0.2, 0.25) is 0 Å². The lowest BCUT2D eigenvalue weighted by molar-refractivity contribution is -0.385. The number of thiophene rings is 1. The summed E-state index contributed by atoms with van der Waals surface area (Å²) in [7, 11) is 0. The molecule has 6 heteroatoms. The minimum atomic E-state index is -0.548. The summed E-state index contributed by atoms with van der Waals surface area (Å²) in [4.78, 5) is 22.2. The fraction of sp³-hybridized carbons (Fsp3) is 0.154. The summed E-state index contributed by atoms with van der Waals surface area (Å²) in [6, 6.07) is 7.93. The Balaban J connectivity index is 1.98. The van der Waals surface area contributed by atoms with Crippen LogP contribution in [0.25, 0.3) is 0 Å². The van der Waals surface area contributed by atoms with Crippen molar-refractivity contribution in [1.82, 2.24) is 5.32 Å². The molecule has 1 heterocycles. The molecular formula is C13H12N2O3S. The van der Waals surface area contributed by atoms with Gasteiger partial charge in [-0.3, -0.25) is 14.9 Å². The summed E-state index contributed by atoms with van der Waals surface area (Å²) >= 11 is 1.60. The van der Waals surface area contributed by atoms with Crippen molar-refractivity contribution < 1.29 is 9.72 Å². The number of rotatable bonds is 5. The fourth-order valence-electron chi connectivity index (χ4n) is 1.68. The molecule has 2 rings (SSSR count). The molecule has 98 valence electrons. The van der Waals surface area contributed by atoms with Crippen LogP contribution in [0.2, 0.25) is 0 Å². The number of nitro groups is 1. The van der Waals surface area contributed by atoms with Crippen molar-refractivity contribution in [2.75, 3.05) is 6.54 Å². The van der Waals surface area contributed by atoms with E-state index in [1.807, 2.05) is 16.8 Å². The molecular weight excluding hydrogens is 264 g/mol. The molecule has 0 aliphatic rings. The number of nitro benzene ring substituents is 1. The standard InChI is InChI=1S/C13H12N2O3S/c16-13(14-7-5-10-6-8-19-9-10)11-3-1-2-4-12(11)15(17)18/h1-4,6,8-9H,5,7H2,(H,14,16). The highest BCUT2D eigenvalue weighted by molar-refractivity contribution is 7.07. The van der Waals surface area contributed by atoms with Gasteiger partial charge in [-0.2, -0.15) is 11.3 Å². The largest absolute Gasteiger partial charge is 0.351 e. The topological polar surface area (TPSA) is 72.2 Å². The first-order valence-electron chi connectivity index (χ1n) is 5.71. The Morgan fingerprint density at radius 2 is 2.11 bits per heavy atom. The van der Waals surface area contributed by atoms with Crippen molar-refractivity contribution in [1.29, 1.82) is 0 Å². The zero-order valence-electron chi connectivity index (χ0n) is 10.0. The van der Waals surface area contributed by atoms with Crippen molar-refractivity contribution in [2.45, 2.75) is 6.42 Å². The van der Waals surface area contributed by atoms with E-state index < -0.39 is 10.8 Å². The summed E-state index contributed by atoms with van der Waals surface area (Å²) in [6.07, 6.45) is 0.718. The van der Waals surface area contributed by atoms with Crippen molar-refractivity contribution in [3.05, 3.63) is 62.3 Å². The molecule has 0 atom stereocenters. The lowest BCUT2D eigenvalue weighted by Gasteiger charge is -2.04. The minimum Gasteiger partial charge on any atom is -0.351 e. The number of carbonyl (C=O) groups is 1. The third kappa shape index (κ3) is 3.38. The SMILES string of the molecule is O=C(NCCc1ccsc1)c1ccccc1[N+](=O)[O-]. The van der Waals surface area contributed by atoms with E-state index in [0.717, 1.165) is 12.0 Å². The van der Waals surface area contributed by atoms with Crippen LogP contribution in [0.4, 0.5) is 5.69 Å². The molecule has 1 aromatic heterocycles. The van der Waals surface area contributed by atoms with Crippen LogP contribution in [0.15, 0.2) is 41.1 Å². The van der Waals surface area contributed by atoms with E-state index in [2.05, 4.69) is 5.32 Å². The first-order chi connectivity index (χ1) is 9.18. The Morgan fingerprint density at radius 1 is 1.32 bits per heavy atom. The highest BCUT2D eigenvalue weighted by Crippen LogP contribution is 2.17. The Hall–Kier alpha value is -2.21. The summed E-state index contributed by atoms with van der Waals surface area (Å²) in [5.74, 6) is -0.414. The van der Waals surface area contributed by atoms with Gasteiger partial charge in [0, 0.05) is 12.6 Å². The van der Waals surface area contributed by atoms with Crippen LogP contribution < -0.4 is 5.32 Å². The van der Waals surface area contributed by atoms with Crippen molar-refractivity contribution in [2.24, 2.45) is 0 Å². The maximum absolute atomic E-state index is 11.9. The zero-order chi connectivity index (χ0) is 13.7. The Kier molecular flexibility index (Phi) is 4.25. The molecule has 2 aromatic rings. The summed E-state index contributed by atoms with van der Waals surface area (Å²) in [5, 5.41) is 17.5. The van der Waals surface area contributed by atoms with Crippen LogP contribution in [0.3, 0.4) is 0 Å². The van der Waals surface area contributed by atoms with E-state index in [0.29, 0.717) is 6.54 Å². The molecule has 0 bridgehead atoms. The van der Waals surface area contributed by atoms with E-state index in [9.17, 15) is 14.9 Å². The van der Waals surface area contributed by atoms with Gasteiger partial charge in [-0.05, 0) is 34.9 Å². The van der Waals surface area contributed by atoms with Crippen LogP contribution in [-0.2, 0) is 6.42 Å². The molecule has 0 fully saturated rings. The quantitative estimate of drug-likeness (QED) is 0.674. The number of hydrogen-bond donors (Lipinski definition) is 1. The average molecular weight is 276 g/mol. The molecule has 0 spiro atoms. The molecule has 0 unspecified atom stereocenters. The Labute approximate surface area is 114 Å². The summed E-state index contributed by atoms with van der Waals surface area (Å²) in [5.41, 5.74) is 1.07. The van der Waals surface area contributed by atoms with Crippen molar-refractivity contribution in [3.63, 3.8) is 0 Å². The monoisotopic (exact) mass is 276 g/mol. The van der Waals surface area contributed by atoms with Crippen LogP contribution in [0.1, 0.15) is 15.9 Å². The van der Waals surface area contributed by atoms with E-state index in [1.165, 1.54) is 12.1 Å². The van der Waals surface area contributed by atoms with Crippen LogP contribution in [-0.4, -0.2) is 17.4 Å². The highest BCUT2D eigenvalue weighted by Gasteiger charge is 2.18. The third-order valence-electron chi connectivity index (χ3n) is 2.62. The second-order valence-corrected chi connectivity index (χ2v) is 4.69. The van der Waals surface area contributed by atoms with Crippen LogP contribution >= 0.6 is 11.3 Å². The maximum Gasteiger partial charge on any atom is 0.282 e. The molecule has 1 amide bonds. The first-order valence-corrected chi connectivity index (χ1v) is 6.65. The van der Waals surface area contributed by atoms with Gasteiger partial charge in [0.25, 0.3) is 11.6 Å². The predicted octanol–water partition coefficient (Wildman–Crippen LogP) is 2.63. The third-order valence-corrected chi connectivity index (χ3v) is 3.36. The van der Waals surface area contributed by atoms with E-state index in [1.54, 1.807) is 23.5 Å². The van der Waals surface area contributed by atoms with Crippen molar-refractivity contribution in [3.8, 4) is 0 Å². The molecule has 0 saturated heterocycles. The number of para-hydroxylation sites is 1. The van der Waals surface area contributed by atoms with Gasteiger partial charge in [0.05, 0.1) is 4.92 Å². The zero-order valence-corrected chi connectivity index (χ0v) is 10.9. The van der Waals surface area contributed by atoms with Gasteiger partial charge >= 0.3 is 0 Å². The molecule has 0 saturated carbocycles. The minimum absolute atomic E-state index is 0.0952. The summed E-state index contributed by atoms with van der Waals surface area (Å²) < 4.78 is 0. The van der Waals surface area contributed by atoms with E-state index in [-0.39, 0.29) is 11.3 Å². The second-order valence-electron chi connectivity index (χ2n) is 3.91. The number of benzene rings is 1. The van der Waals surface area contributed by atoms with Gasteiger partial charge in [-0.15, -0.1) is 0 Å². The second kappa shape index (κ2) is 6.10. The first kappa shape index (κ1) is 13.2. The number of carbonyl (C=O) groups excluding carboxylic acids is 1. The molecule has 0 radical (unpaired) electrons. The highest BCUT2D eigenvalue weighted by atomic mass is 32.1.